The molecule has 2 rings (SSSR count). The Morgan fingerprint density at radius 3 is 2.69 bits per heavy atom. The van der Waals surface area contributed by atoms with Crippen molar-refractivity contribution in [2.24, 2.45) is 11.8 Å². The van der Waals surface area contributed by atoms with Crippen LogP contribution in [0.4, 0.5) is 0 Å². The first-order valence-electron chi connectivity index (χ1n) is 8.31. The van der Waals surface area contributed by atoms with Gasteiger partial charge in [-0.05, 0) is 30.9 Å². The maximum atomic E-state index is 12.5. The predicted octanol–water partition coefficient (Wildman–Crippen LogP) is 2.20. The van der Waals surface area contributed by atoms with Crippen molar-refractivity contribution < 1.29 is 22.7 Å². The molecule has 0 spiro atoms. The molecule has 2 N–H and O–H groups in total. The molecule has 1 saturated heterocycles. The number of hydrogen-bond donors (Lipinski definition) is 2. The van der Waals surface area contributed by atoms with Crippen LogP contribution in [0.2, 0.25) is 0 Å². The number of amides is 2. The highest BCUT2D eigenvalue weighted by molar-refractivity contribution is 9.10. The average molecular weight is 447 g/mol. The first-order valence-corrected chi connectivity index (χ1v) is 10.6. The molecule has 0 bridgehead atoms. The summed E-state index contributed by atoms with van der Waals surface area (Å²) in [5.41, 5.74) is 0. The number of benzene rings is 1. The molecular formula is C17H23BrN2O5S. The lowest BCUT2D eigenvalue weighted by Crippen LogP contribution is -2.48. The van der Waals surface area contributed by atoms with Crippen molar-refractivity contribution in [2.45, 2.75) is 44.0 Å². The topological polar surface area (TPSA) is 102 Å². The molecule has 9 heteroatoms. The Morgan fingerprint density at radius 1 is 1.38 bits per heavy atom. The highest BCUT2D eigenvalue weighted by Gasteiger charge is 2.33. The minimum Gasteiger partial charge on any atom is -0.497 e. The van der Waals surface area contributed by atoms with E-state index in [0.29, 0.717) is 22.6 Å². The van der Waals surface area contributed by atoms with E-state index >= 15 is 0 Å². The number of sulfonamides is 1. The highest BCUT2D eigenvalue weighted by atomic mass is 79.9. The molecule has 1 heterocycles. The number of carbonyl (C=O) groups is 2. The number of ether oxygens (including phenoxy) is 1. The van der Waals surface area contributed by atoms with Crippen molar-refractivity contribution in [2.75, 3.05) is 7.11 Å². The summed E-state index contributed by atoms with van der Waals surface area (Å²) in [5.74, 6) is -0.853. The zero-order valence-electron chi connectivity index (χ0n) is 14.9. The van der Waals surface area contributed by atoms with Gasteiger partial charge in [0.2, 0.25) is 11.8 Å². The molecule has 2 unspecified atom stereocenters. The van der Waals surface area contributed by atoms with Gasteiger partial charge in [0.1, 0.15) is 5.75 Å². The Bertz CT molecular complexity index is 794. The second-order valence-electron chi connectivity index (χ2n) is 6.83. The Hall–Kier alpha value is -1.61. The average Bonchev–Trinajstić information content (AvgIpc) is 2.52. The van der Waals surface area contributed by atoms with Gasteiger partial charge in [0.15, 0.2) is 0 Å². The van der Waals surface area contributed by atoms with Gasteiger partial charge in [-0.15, -0.1) is 0 Å². The van der Waals surface area contributed by atoms with Gasteiger partial charge in [-0.2, -0.15) is 0 Å². The summed E-state index contributed by atoms with van der Waals surface area (Å²) >= 11 is 3.22. The third-order valence-electron chi connectivity index (χ3n) is 4.12. The first kappa shape index (κ1) is 20.7. The summed E-state index contributed by atoms with van der Waals surface area (Å²) in [6, 6.07) is 4.20. The summed E-state index contributed by atoms with van der Waals surface area (Å²) in [6.07, 6.45) is 1.15. The van der Waals surface area contributed by atoms with E-state index in [1.807, 2.05) is 13.8 Å². The van der Waals surface area contributed by atoms with Crippen LogP contribution in [0, 0.1) is 11.8 Å². The number of hydrogen-bond acceptors (Lipinski definition) is 5. The number of halogens is 1. The summed E-state index contributed by atoms with van der Waals surface area (Å²) < 4.78 is 32.7. The Kier molecular flexibility index (Phi) is 6.68. The lowest BCUT2D eigenvalue weighted by molar-refractivity contribution is -0.132. The van der Waals surface area contributed by atoms with Crippen LogP contribution < -0.4 is 14.8 Å². The van der Waals surface area contributed by atoms with E-state index in [0.717, 1.165) is 6.42 Å². The zero-order valence-corrected chi connectivity index (χ0v) is 17.3. The molecule has 0 saturated carbocycles. The third-order valence-corrected chi connectivity index (χ3v) is 5.90. The Labute approximate surface area is 162 Å². The molecule has 1 aromatic carbocycles. The van der Waals surface area contributed by atoms with Gasteiger partial charge in [0, 0.05) is 28.9 Å². The van der Waals surface area contributed by atoms with E-state index in [4.69, 9.17) is 4.74 Å². The third kappa shape index (κ3) is 5.44. The minimum absolute atomic E-state index is 0.0161. The van der Waals surface area contributed by atoms with Gasteiger partial charge in [0.05, 0.1) is 12.0 Å². The van der Waals surface area contributed by atoms with Crippen molar-refractivity contribution >= 4 is 37.8 Å². The summed E-state index contributed by atoms with van der Waals surface area (Å²) in [5, 5.41) is 2.86. The predicted molar refractivity (Wildman–Crippen MR) is 100 cm³/mol. The number of nitrogens with one attached hydrogen (secondary N) is 2. The van der Waals surface area contributed by atoms with E-state index in [9.17, 15) is 18.0 Å². The van der Waals surface area contributed by atoms with Crippen LogP contribution in [0.1, 0.15) is 33.1 Å². The Balaban J connectivity index is 2.14. The van der Waals surface area contributed by atoms with Crippen LogP contribution in [0.3, 0.4) is 0 Å². The van der Waals surface area contributed by atoms with Crippen LogP contribution in [0.15, 0.2) is 27.6 Å². The zero-order chi connectivity index (χ0) is 19.5. The molecule has 0 aliphatic carbocycles. The lowest BCUT2D eigenvalue weighted by atomic mass is 9.87. The molecule has 144 valence electrons. The smallest absolute Gasteiger partial charge is 0.264 e. The fourth-order valence-corrected chi connectivity index (χ4v) is 4.73. The first-order chi connectivity index (χ1) is 12.1. The van der Waals surface area contributed by atoms with Crippen molar-refractivity contribution in [3.05, 3.63) is 22.7 Å². The quantitative estimate of drug-likeness (QED) is 0.697. The van der Waals surface area contributed by atoms with Crippen molar-refractivity contribution in [1.82, 2.24) is 10.0 Å². The number of carbonyl (C=O) groups excluding carboxylic acids is 2. The van der Waals surface area contributed by atoms with Crippen LogP contribution >= 0.6 is 15.9 Å². The van der Waals surface area contributed by atoms with E-state index in [1.54, 1.807) is 6.07 Å². The molecule has 1 fully saturated rings. The second-order valence-corrected chi connectivity index (χ2v) is 9.43. The molecule has 26 heavy (non-hydrogen) atoms. The number of piperidine rings is 1. The largest absolute Gasteiger partial charge is 0.497 e. The standard InChI is InChI=1S/C17H23BrN2O5S/c1-10(2)4-13-5-11(6-16(21)19-13)17(22)20-26(23,24)15-8-12(18)7-14(9-15)25-3/h7-11,13H,4-6H2,1-3H3,(H,19,21)(H,20,22). The van der Waals surface area contributed by atoms with Crippen LogP contribution in [0.25, 0.3) is 0 Å². The fraction of sp³-hybridized carbons (Fsp3) is 0.529. The molecule has 0 aromatic heterocycles. The molecule has 1 aliphatic rings. The fourth-order valence-electron chi connectivity index (χ4n) is 3.00. The Morgan fingerprint density at radius 2 is 2.08 bits per heavy atom. The van der Waals surface area contributed by atoms with Crippen molar-refractivity contribution in [1.29, 1.82) is 0 Å². The van der Waals surface area contributed by atoms with Gasteiger partial charge >= 0.3 is 0 Å². The van der Waals surface area contributed by atoms with E-state index < -0.39 is 21.8 Å². The van der Waals surface area contributed by atoms with Gasteiger partial charge < -0.3 is 10.1 Å². The normalized spacial score (nSPS) is 20.6. The molecule has 0 radical (unpaired) electrons. The molecule has 2 atom stereocenters. The van der Waals surface area contributed by atoms with E-state index in [-0.39, 0.29) is 23.3 Å². The molecule has 1 aromatic rings. The molecule has 7 nitrogen and oxygen atoms in total. The summed E-state index contributed by atoms with van der Waals surface area (Å²) in [4.78, 5) is 24.3. The van der Waals surface area contributed by atoms with Crippen molar-refractivity contribution in [3.8, 4) is 5.75 Å². The molecule has 2 amide bonds. The van der Waals surface area contributed by atoms with E-state index in [2.05, 4.69) is 26.0 Å². The minimum atomic E-state index is -4.06. The number of methoxy groups -OCH3 is 1. The number of rotatable bonds is 6. The lowest BCUT2D eigenvalue weighted by Gasteiger charge is -2.30. The van der Waals surface area contributed by atoms with Crippen LogP contribution in [-0.4, -0.2) is 33.4 Å². The molecule has 1 aliphatic heterocycles. The SMILES string of the molecule is COc1cc(Br)cc(S(=O)(=O)NC(=O)C2CC(=O)NC(CC(C)C)C2)c1. The van der Waals surface area contributed by atoms with Gasteiger partial charge in [-0.25, -0.2) is 13.1 Å². The van der Waals surface area contributed by atoms with Gasteiger partial charge in [-0.1, -0.05) is 29.8 Å². The van der Waals surface area contributed by atoms with Gasteiger partial charge in [0.25, 0.3) is 10.0 Å². The van der Waals surface area contributed by atoms with Crippen LogP contribution in [0.5, 0.6) is 5.75 Å². The van der Waals surface area contributed by atoms with Crippen LogP contribution in [-0.2, 0) is 19.6 Å². The van der Waals surface area contributed by atoms with Gasteiger partial charge in [-0.3, -0.25) is 9.59 Å². The monoisotopic (exact) mass is 446 g/mol. The molecular weight excluding hydrogens is 424 g/mol. The maximum absolute atomic E-state index is 12.5. The summed E-state index contributed by atoms with van der Waals surface area (Å²) in [7, 11) is -2.64. The maximum Gasteiger partial charge on any atom is 0.264 e. The summed E-state index contributed by atoms with van der Waals surface area (Å²) in [6.45, 7) is 4.06. The van der Waals surface area contributed by atoms with Crippen molar-refractivity contribution in [3.63, 3.8) is 0 Å². The highest BCUT2D eigenvalue weighted by Crippen LogP contribution is 2.26. The second kappa shape index (κ2) is 8.39. The van der Waals surface area contributed by atoms with E-state index in [1.165, 1.54) is 19.2 Å².